The van der Waals surface area contributed by atoms with Gasteiger partial charge in [-0.05, 0) is 32.3 Å². The van der Waals surface area contributed by atoms with Crippen LogP contribution < -0.4 is 10.1 Å². The van der Waals surface area contributed by atoms with Gasteiger partial charge in [-0.3, -0.25) is 4.79 Å². The molecule has 1 aliphatic rings. The number of benzene rings is 1. The van der Waals surface area contributed by atoms with E-state index in [0.717, 1.165) is 41.0 Å². The molecule has 2 N–H and O–H groups in total. The van der Waals surface area contributed by atoms with E-state index >= 15 is 0 Å². The van der Waals surface area contributed by atoms with Crippen molar-refractivity contribution in [3.05, 3.63) is 64.6 Å². The van der Waals surface area contributed by atoms with Crippen LogP contribution in [0, 0.1) is 13.8 Å². The number of amides is 1. The zero-order chi connectivity index (χ0) is 19.0. The molecule has 0 saturated heterocycles. The van der Waals surface area contributed by atoms with Gasteiger partial charge < -0.3 is 19.6 Å². The van der Waals surface area contributed by atoms with Crippen molar-refractivity contribution in [3.8, 4) is 5.75 Å². The van der Waals surface area contributed by atoms with Gasteiger partial charge >= 0.3 is 0 Å². The van der Waals surface area contributed by atoms with Crippen molar-refractivity contribution < 1.29 is 14.6 Å². The summed E-state index contributed by atoms with van der Waals surface area (Å²) in [6.45, 7) is 4.07. The van der Waals surface area contributed by atoms with Crippen LogP contribution in [-0.2, 0) is 6.42 Å². The third-order valence-corrected chi connectivity index (χ3v) is 5.18. The molecule has 27 heavy (non-hydrogen) atoms. The molecular formula is C21H23N3O3. The van der Waals surface area contributed by atoms with Crippen LogP contribution in [0.4, 0.5) is 0 Å². The minimum Gasteiger partial charge on any atom is -0.481 e. The van der Waals surface area contributed by atoms with E-state index < -0.39 is 0 Å². The van der Waals surface area contributed by atoms with Gasteiger partial charge in [-0.1, -0.05) is 30.3 Å². The number of aliphatic hydroxyl groups excluding tert-OH is 1. The number of imidazole rings is 1. The molecule has 1 aromatic carbocycles. The summed E-state index contributed by atoms with van der Waals surface area (Å²) >= 11 is 0. The van der Waals surface area contributed by atoms with E-state index in [4.69, 9.17) is 9.84 Å². The lowest BCUT2D eigenvalue weighted by molar-refractivity contribution is 0.0940. The molecule has 3 heterocycles. The molecule has 0 bridgehead atoms. The monoisotopic (exact) mass is 365 g/mol. The fraction of sp³-hybridized carbons (Fsp3) is 0.333. The molecule has 140 valence electrons. The molecule has 0 radical (unpaired) electrons. The normalized spacial score (nSPS) is 16.0. The third-order valence-electron chi connectivity index (χ3n) is 5.18. The van der Waals surface area contributed by atoms with Gasteiger partial charge in [0, 0.05) is 24.0 Å². The van der Waals surface area contributed by atoms with E-state index in [1.54, 1.807) is 0 Å². The number of ether oxygens (including phenoxy) is 1. The molecule has 1 atom stereocenters. The summed E-state index contributed by atoms with van der Waals surface area (Å²) in [4.78, 5) is 17.4. The highest BCUT2D eigenvalue weighted by atomic mass is 16.5. The zero-order valence-electron chi connectivity index (χ0n) is 15.5. The molecule has 4 rings (SSSR count). The Kier molecular flexibility index (Phi) is 4.58. The Balaban J connectivity index is 1.83. The van der Waals surface area contributed by atoms with E-state index in [2.05, 4.69) is 22.4 Å². The molecule has 1 unspecified atom stereocenters. The SMILES string of the molecule is Cc1nc2c3c(c(C(=O)NCCO)cn2c1C)CCC(c1ccccc1)O3. The number of fused-ring (bicyclic) bond motifs is 3. The van der Waals surface area contributed by atoms with Gasteiger partial charge in [-0.25, -0.2) is 4.98 Å². The predicted octanol–water partition coefficient (Wildman–Crippen LogP) is 2.74. The molecule has 0 spiro atoms. The van der Waals surface area contributed by atoms with Crippen LogP contribution in [0.15, 0.2) is 36.5 Å². The van der Waals surface area contributed by atoms with Crippen molar-refractivity contribution in [3.63, 3.8) is 0 Å². The second-order valence-corrected chi connectivity index (χ2v) is 6.86. The first-order valence-corrected chi connectivity index (χ1v) is 9.22. The highest BCUT2D eigenvalue weighted by Crippen LogP contribution is 2.39. The Morgan fingerprint density at radius 2 is 2.11 bits per heavy atom. The maximum Gasteiger partial charge on any atom is 0.253 e. The average Bonchev–Trinajstić information content (AvgIpc) is 3.00. The second kappa shape index (κ2) is 7.04. The summed E-state index contributed by atoms with van der Waals surface area (Å²) < 4.78 is 8.31. The van der Waals surface area contributed by atoms with Gasteiger partial charge in [-0.2, -0.15) is 0 Å². The Morgan fingerprint density at radius 1 is 1.33 bits per heavy atom. The average molecular weight is 365 g/mol. The standard InChI is InChI=1S/C21H23N3O3/c1-13-14(2)24-12-17(21(26)22-10-11-25)16-8-9-18(15-6-4-3-5-7-15)27-19(16)20(24)23-13/h3-7,12,18,25H,8-11H2,1-2H3,(H,22,26). The van der Waals surface area contributed by atoms with Crippen LogP contribution in [0.3, 0.4) is 0 Å². The Hall–Kier alpha value is -2.86. The maximum atomic E-state index is 12.7. The van der Waals surface area contributed by atoms with Crippen molar-refractivity contribution in [2.75, 3.05) is 13.2 Å². The summed E-state index contributed by atoms with van der Waals surface area (Å²) in [7, 11) is 0. The Bertz CT molecular complexity index is 995. The van der Waals surface area contributed by atoms with Crippen molar-refractivity contribution in [1.82, 2.24) is 14.7 Å². The van der Waals surface area contributed by atoms with E-state index in [1.165, 1.54) is 0 Å². The molecule has 2 aromatic heterocycles. The number of pyridine rings is 1. The maximum absolute atomic E-state index is 12.7. The lowest BCUT2D eigenvalue weighted by Crippen LogP contribution is -2.29. The van der Waals surface area contributed by atoms with Gasteiger partial charge in [0.1, 0.15) is 6.10 Å². The van der Waals surface area contributed by atoms with Crippen molar-refractivity contribution >= 4 is 11.6 Å². The molecule has 0 saturated carbocycles. The van der Waals surface area contributed by atoms with Crippen LogP contribution in [0.2, 0.25) is 0 Å². The topological polar surface area (TPSA) is 75.9 Å². The van der Waals surface area contributed by atoms with Crippen LogP contribution in [0.25, 0.3) is 5.65 Å². The Morgan fingerprint density at radius 3 is 2.85 bits per heavy atom. The van der Waals surface area contributed by atoms with Gasteiger partial charge in [0.2, 0.25) is 0 Å². The largest absolute Gasteiger partial charge is 0.481 e. The minimum atomic E-state index is -0.199. The van der Waals surface area contributed by atoms with Crippen LogP contribution >= 0.6 is 0 Å². The summed E-state index contributed by atoms with van der Waals surface area (Å²) in [5, 5.41) is 11.8. The number of aryl methyl sites for hydroxylation is 2. The van der Waals surface area contributed by atoms with Crippen LogP contribution in [0.1, 0.15) is 45.4 Å². The van der Waals surface area contributed by atoms with Gasteiger partial charge in [0.15, 0.2) is 11.4 Å². The molecule has 0 aliphatic carbocycles. The first-order valence-electron chi connectivity index (χ1n) is 9.22. The number of hydrogen-bond acceptors (Lipinski definition) is 4. The number of carbonyl (C=O) groups excluding carboxylic acids is 1. The first kappa shape index (κ1) is 17.5. The van der Waals surface area contributed by atoms with Crippen LogP contribution in [-0.4, -0.2) is 33.6 Å². The van der Waals surface area contributed by atoms with Crippen LogP contribution in [0.5, 0.6) is 5.75 Å². The van der Waals surface area contributed by atoms with E-state index in [0.29, 0.717) is 11.3 Å². The Labute approximate surface area is 157 Å². The van der Waals surface area contributed by atoms with E-state index in [9.17, 15) is 4.79 Å². The molecule has 0 fully saturated rings. The number of hydrogen-bond donors (Lipinski definition) is 2. The van der Waals surface area contributed by atoms with Gasteiger partial charge in [0.05, 0.1) is 17.9 Å². The molecule has 6 heteroatoms. The quantitative estimate of drug-likeness (QED) is 0.745. The highest BCUT2D eigenvalue weighted by Gasteiger charge is 2.29. The fourth-order valence-corrected chi connectivity index (χ4v) is 3.62. The van der Waals surface area contributed by atoms with Crippen molar-refractivity contribution in [2.24, 2.45) is 0 Å². The number of nitrogens with zero attached hydrogens (tertiary/aromatic N) is 2. The summed E-state index contributed by atoms with van der Waals surface area (Å²) in [5.74, 6) is 0.484. The summed E-state index contributed by atoms with van der Waals surface area (Å²) in [5.41, 5.74) is 5.23. The summed E-state index contributed by atoms with van der Waals surface area (Å²) in [6, 6.07) is 10.1. The first-order chi connectivity index (χ1) is 13.1. The zero-order valence-corrected chi connectivity index (χ0v) is 15.5. The number of aliphatic hydroxyl groups is 1. The predicted molar refractivity (Wildman–Crippen MR) is 102 cm³/mol. The smallest absolute Gasteiger partial charge is 0.253 e. The third kappa shape index (κ3) is 3.06. The second-order valence-electron chi connectivity index (χ2n) is 6.86. The van der Waals surface area contributed by atoms with Gasteiger partial charge in [-0.15, -0.1) is 0 Å². The van der Waals surface area contributed by atoms with Gasteiger partial charge in [0.25, 0.3) is 5.91 Å². The highest BCUT2D eigenvalue weighted by molar-refractivity contribution is 5.97. The molecular weight excluding hydrogens is 342 g/mol. The van der Waals surface area contributed by atoms with E-state index in [1.807, 2.05) is 42.6 Å². The fourth-order valence-electron chi connectivity index (χ4n) is 3.62. The number of aromatic nitrogens is 2. The number of rotatable bonds is 4. The number of nitrogens with one attached hydrogen (secondary N) is 1. The molecule has 6 nitrogen and oxygen atoms in total. The molecule has 1 aliphatic heterocycles. The number of carbonyl (C=O) groups is 1. The van der Waals surface area contributed by atoms with E-state index in [-0.39, 0.29) is 25.2 Å². The minimum absolute atomic E-state index is 0.0597. The lowest BCUT2D eigenvalue weighted by atomic mass is 9.95. The van der Waals surface area contributed by atoms with Crippen molar-refractivity contribution in [2.45, 2.75) is 32.8 Å². The molecule has 3 aromatic rings. The summed E-state index contributed by atoms with van der Waals surface area (Å²) in [6.07, 6.45) is 3.31. The van der Waals surface area contributed by atoms with Crippen molar-refractivity contribution in [1.29, 1.82) is 0 Å². The lowest BCUT2D eigenvalue weighted by Gasteiger charge is -2.28. The molecule has 1 amide bonds.